The quantitative estimate of drug-likeness (QED) is 0.195. The Kier molecular flexibility index (Phi) is 7.17. The molecule has 2 aliphatic heterocycles. The zero-order valence-electron chi connectivity index (χ0n) is 23.7. The van der Waals surface area contributed by atoms with Crippen molar-refractivity contribution in [1.82, 2.24) is 9.13 Å². The molecule has 2 heterocycles. The monoisotopic (exact) mass is 612 g/mol. The molecule has 0 spiro atoms. The van der Waals surface area contributed by atoms with Gasteiger partial charge in [-0.1, -0.05) is 102 Å². The summed E-state index contributed by atoms with van der Waals surface area (Å²) in [6.45, 7) is 2.02. The van der Waals surface area contributed by atoms with Gasteiger partial charge < -0.3 is 0 Å². The second kappa shape index (κ2) is 11.3. The summed E-state index contributed by atoms with van der Waals surface area (Å²) >= 11 is 12.4. The minimum atomic E-state index is -0.660. The highest BCUT2D eigenvalue weighted by Gasteiger charge is 2.35. The SMILES string of the molecule is Cc1ccc(C(c2c3cccccc-3n(-c3ccc(Cl)cc3)c2=O)c2c3cccccc-3n(-c3ccc(Cl)cc3)c2=O)cc1. The maximum Gasteiger partial charge on any atom is 0.260 e. The number of fused-ring (bicyclic) bond motifs is 2. The van der Waals surface area contributed by atoms with Crippen LogP contribution in [-0.2, 0) is 0 Å². The first-order chi connectivity index (χ1) is 21.4. The molecule has 0 aromatic heterocycles. The second-order valence-electron chi connectivity index (χ2n) is 10.8. The fraction of sp³-hybridized carbons (Fsp3) is 0.0526. The van der Waals surface area contributed by atoms with Crippen molar-refractivity contribution in [2.75, 3.05) is 0 Å². The first kappa shape index (κ1) is 27.9. The van der Waals surface area contributed by atoms with Gasteiger partial charge in [-0.05, 0) is 73.2 Å². The van der Waals surface area contributed by atoms with Crippen LogP contribution < -0.4 is 11.1 Å². The first-order valence-corrected chi connectivity index (χ1v) is 15.0. The van der Waals surface area contributed by atoms with Gasteiger partial charge in [-0.25, -0.2) is 0 Å². The number of aromatic nitrogens is 2. The van der Waals surface area contributed by atoms with Gasteiger partial charge in [0.05, 0.1) is 11.4 Å². The van der Waals surface area contributed by atoms with E-state index in [0.717, 1.165) is 33.6 Å². The zero-order valence-corrected chi connectivity index (χ0v) is 25.3. The summed E-state index contributed by atoms with van der Waals surface area (Å²) in [5.74, 6) is -0.660. The van der Waals surface area contributed by atoms with Crippen molar-refractivity contribution in [2.24, 2.45) is 0 Å². The number of nitrogens with zero attached hydrogens (tertiary/aromatic N) is 2. The third-order valence-corrected chi connectivity index (χ3v) is 8.62. The Morgan fingerprint density at radius 3 is 1.34 bits per heavy atom. The van der Waals surface area contributed by atoms with Crippen LogP contribution in [0.15, 0.2) is 143 Å². The molecule has 0 unspecified atom stereocenters. The molecule has 0 atom stereocenters. The third kappa shape index (κ3) is 4.73. The largest absolute Gasteiger partial charge is 0.277 e. The molecule has 214 valence electrons. The molecule has 7 rings (SSSR count). The van der Waals surface area contributed by atoms with Gasteiger partial charge in [0.15, 0.2) is 0 Å². The normalized spacial score (nSPS) is 11.5. The fourth-order valence-electron chi connectivity index (χ4n) is 6.10. The van der Waals surface area contributed by atoms with Crippen molar-refractivity contribution in [2.45, 2.75) is 12.8 Å². The molecule has 4 nitrogen and oxygen atoms in total. The number of aryl methyl sites for hydroxylation is 1. The van der Waals surface area contributed by atoms with Crippen LogP contribution >= 0.6 is 23.2 Å². The van der Waals surface area contributed by atoms with Gasteiger partial charge in [0.1, 0.15) is 0 Å². The maximum atomic E-state index is 14.8. The molecule has 2 aliphatic carbocycles. The molecule has 3 aromatic rings. The van der Waals surface area contributed by atoms with Crippen LogP contribution in [-0.4, -0.2) is 9.13 Å². The lowest BCUT2D eigenvalue weighted by Crippen LogP contribution is -2.24. The van der Waals surface area contributed by atoms with E-state index in [1.807, 2.05) is 116 Å². The van der Waals surface area contributed by atoms with Crippen molar-refractivity contribution in [3.05, 3.63) is 186 Å². The highest BCUT2D eigenvalue weighted by Crippen LogP contribution is 2.42. The summed E-state index contributed by atoms with van der Waals surface area (Å²) in [6.07, 6.45) is 0. The first-order valence-electron chi connectivity index (χ1n) is 14.3. The van der Waals surface area contributed by atoms with Gasteiger partial charge >= 0.3 is 0 Å². The molecule has 0 radical (unpaired) electrons. The lowest BCUT2D eigenvalue weighted by molar-refractivity contribution is 0.920. The molecule has 0 bridgehead atoms. The topological polar surface area (TPSA) is 44.0 Å². The summed E-state index contributed by atoms with van der Waals surface area (Å²) in [5.41, 5.74) is 7.06. The van der Waals surface area contributed by atoms with Gasteiger partial charge in [-0.3, -0.25) is 18.7 Å². The van der Waals surface area contributed by atoms with Gasteiger partial charge in [-0.15, -0.1) is 0 Å². The summed E-state index contributed by atoms with van der Waals surface area (Å²) in [7, 11) is 0. The van der Waals surface area contributed by atoms with Gasteiger partial charge in [0.25, 0.3) is 11.1 Å². The van der Waals surface area contributed by atoms with E-state index in [4.69, 9.17) is 23.2 Å². The molecule has 44 heavy (non-hydrogen) atoms. The predicted molar refractivity (Wildman–Crippen MR) is 179 cm³/mol. The lowest BCUT2D eigenvalue weighted by Gasteiger charge is -2.17. The van der Waals surface area contributed by atoms with Gasteiger partial charge in [0, 0.05) is 49.6 Å². The molecular formula is C38H26Cl2N2O2. The summed E-state index contributed by atoms with van der Waals surface area (Å²) in [5, 5.41) is 1.17. The van der Waals surface area contributed by atoms with E-state index in [2.05, 4.69) is 0 Å². The Morgan fingerprint density at radius 1 is 0.500 bits per heavy atom. The molecule has 0 N–H and O–H groups in total. The number of hydrogen-bond donors (Lipinski definition) is 0. The van der Waals surface area contributed by atoms with E-state index >= 15 is 0 Å². The number of hydrogen-bond acceptors (Lipinski definition) is 2. The second-order valence-corrected chi connectivity index (χ2v) is 11.7. The Labute approximate surface area is 264 Å². The van der Waals surface area contributed by atoms with Crippen LogP contribution in [0.2, 0.25) is 10.0 Å². The highest BCUT2D eigenvalue weighted by atomic mass is 35.5. The van der Waals surface area contributed by atoms with Crippen molar-refractivity contribution < 1.29 is 0 Å². The van der Waals surface area contributed by atoms with E-state index in [9.17, 15) is 9.59 Å². The van der Waals surface area contributed by atoms with Crippen molar-refractivity contribution >= 4 is 23.2 Å². The van der Waals surface area contributed by atoms with Crippen molar-refractivity contribution in [3.8, 4) is 33.9 Å². The summed E-state index contributed by atoms with van der Waals surface area (Å²) in [4.78, 5) is 29.5. The third-order valence-electron chi connectivity index (χ3n) is 8.12. The Hall–Kier alpha value is -4.90. The summed E-state index contributed by atoms with van der Waals surface area (Å²) < 4.78 is 3.43. The van der Waals surface area contributed by atoms with Crippen LogP contribution in [0, 0.1) is 6.92 Å². The van der Waals surface area contributed by atoms with Crippen molar-refractivity contribution in [3.63, 3.8) is 0 Å². The standard InChI is InChI=1S/C38H26Cl2N2O2/c1-24-12-14-25(15-13-24)34(35-30-8-4-2-6-10-32(30)41(37(35)43)28-20-16-26(39)17-21-28)36-31-9-5-3-7-11-33(31)42(38(36)44)29-22-18-27(40)19-23-29/h2-23,34H,1H3. The Balaban J connectivity index is 1.60. The Bertz CT molecular complexity index is 2040. The van der Waals surface area contributed by atoms with Crippen LogP contribution in [0.5, 0.6) is 0 Å². The van der Waals surface area contributed by atoms with Gasteiger partial charge in [-0.2, -0.15) is 0 Å². The predicted octanol–water partition coefficient (Wildman–Crippen LogP) is 8.99. The minimum absolute atomic E-state index is 0.189. The van der Waals surface area contributed by atoms with E-state index in [0.29, 0.717) is 32.5 Å². The molecule has 0 fully saturated rings. The molecule has 4 aliphatic rings. The lowest BCUT2D eigenvalue weighted by atomic mass is 9.82. The maximum absolute atomic E-state index is 14.8. The number of benzene rings is 3. The average molecular weight is 614 g/mol. The highest BCUT2D eigenvalue weighted by molar-refractivity contribution is 6.30. The molecule has 0 saturated heterocycles. The Morgan fingerprint density at radius 2 is 0.909 bits per heavy atom. The van der Waals surface area contributed by atoms with Crippen LogP contribution in [0.25, 0.3) is 33.9 Å². The van der Waals surface area contributed by atoms with Crippen LogP contribution in [0.4, 0.5) is 0 Å². The molecule has 3 aromatic carbocycles. The molecule has 6 heteroatoms. The zero-order chi connectivity index (χ0) is 30.4. The van der Waals surface area contributed by atoms with E-state index in [1.165, 1.54) is 0 Å². The van der Waals surface area contributed by atoms with Crippen LogP contribution in [0.1, 0.15) is 28.2 Å². The summed E-state index contributed by atoms with van der Waals surface area (Å²) in [6, 6.07) is 41.9. The number of halogens is 2. The number of rotatable bonds is 5. The van der Waals surface area contributed by atoms with Crippen molar-refractivity contribution in [1.29, 1.82) is 0 Å². The molecule has 0 saturated carbocycles. The molecule has 0 amide bonds. The molecular weight excluding hydrogens is 587 g/mol. The fourth-order valence-corrected chi connectivity index (χ4v) is 6.35. The smallest absolute Gasteiger partial charge is 0.260 e. The minimum Gasteiger partial charge on any atom is -0.277 e. The van der Waals surface area contributed by atoms with Crippen LogP contribution in [0.3, 0.4) is 0 Å². The van der Waals surface area contributed by atoms with Gasteiger partial charge in [0.2, 0.25) is 0 Å². The van der Waals surface area contributed by atoms with E-state index in [-0.39, 0.29) is 11.1 Å². The van der Waals surface area contributed by atoms with E-state index in [1.54, 1.807) is 33.4 Å². The average Bonchev–Trinajstić information content (AvgIpc) is 3.22. The van der Waals surface area contributed by atoms with E-state index < -0.39 is 5.92 Å².